The number of aliphatic carboxylic acids is 1. The van der Waals surface area contributed by atoms with Gasteiger partial charge in [-0.05, 0) is 30.4 Å². The highest BCUT2D eigenvalue weighted by molar-refractivity contribution is 5.78. The highest BCUT2D eigenvalue weighted by atomic mass is 16.5. The highest BCUT2D eigenvalue weighted by Gasteiger charge is 2.27. The van der Waals surface area contributed by atoms with Gasteiger partial charge in [-0.2, -0.15) is 0 Å². The number of nitrogens with zero attached hydrogens (tertiary/aromatic N) is 1. The van der Waals surface area contributed by atoms with Crippen LogP contribution < -0.4 is 4.74 Å². The van der Waals surface area contributed by atoms with Crippen LogP contribution >= 0.6 is 0 Å². The maximum atomic E-state index is 12.2. The van der Waals surface area contributed by atoms with Crippen molar-refractivity contribution in [3.05, 3.63) is 29.8 Å². The topological polar surface area (TPSA) is 66.8 Å². The maximum Gasteiger partial charge on any atom is 0.306 e. The third-order valence-corrected chi connectivity index (χ3v) is 4.09. The SMILES string of the molecule is CC(C)c1ccccc1OCC(=O)N1CCC(C(=O)O)CC1. The van der Waals surface area contributed by atoms with Crippen LogP contribution in [0.4, 0.5) is 0 Å². The lowest BCUT2D eigenvalue weighted by atomic mass is 9.97. The number of hydrogen-bond acceptors (Lipinski definition) is 3. The molecule has 1 saturated heterocycles. The van der Waals surface area contributed by atoms with E-state index in [1.165, 1.54) is 0 Å². The Morgan fingerprint density at radius 1 is 1.27 bits per heavy atom. The van der Waals surface area contributed by atoms with Crippen molar-refractivity contribution in [2.45, 2.75) is 32.6 Å². The molecule has 5 heteroatoms. The monoisotopic (exact) mass is 305 g/mol. The molecule has 0 unspecified atom stereocenters. The van der Waals surface area contributed by atoms with Gasteiger partial charge in [-0.3, -0.25) is 9.59 Å². The first-order valence-electron chi connectivity index (χ1n) is 7.71. The van der Waals surface area contributed by atoms with Gasteiger partial charge < -0.3 is 14.7 Å². The van der Waals surface area contributed by atoms with Crippen molar-refractivity contribution < 1.29 is 19.4 Å². The van der Waals surface area contributed by atoms with Crippen LogP contribution in [-0.2, 0) is 9.59 Å². The summed E-state index contributed by atoms with van der Waals surface area (Å²) in [6.45, 7) is 5.15. The van der Waals surface area contributed by atoms with E-state index in [1.807, 2.05) is 24.3 Å². The first-order chi connectivity index (χ1) is 10.5. The number of carbonyl (C=O) groups excluding carboxylic acids is 1. The van der Waals surface area contributed by atoms with Crippen LogP contribution in [0.3, 0.4) is 0 Å². The summed E-state index contributed by atoms with van der Waals surface area (Å²) in [5.74, 6) is -0.105. The number of amides is 1. The largest absolute Gasteiger partial charge is 0.483 e. The number of likely N-dealkylation sites (tertiary alicyclic amines) is 1. The van der Waals surface area contributed by atoms with E-state index in [0.29, 0.717) is 31.8 Å². The zero-order valence-electron chi connectivity index (χ0n) is 13.1. The number of carboxylic acid groups (broad SMARTS) is 1. The Morgan fingerprint density at radius 2 is 1.91 bits per heavy atom. The Labute approximate surface area is 130 Å². The quantitative estimate of drug-likeness (QED) is 0.907. The second-order valence-corrected chi connectivity index (χ2v) is 5.97. The minimum Gasteiger partial charge on any atom is -0.483 e. The van der Waals surface area contributed by atoms with Crippen LogP contribution in [0.15, 0.2) is 24.3 Å². The van der Waals surface area contributed by atoms with Gasteiger partial charge in [0.15, 0.2) is 6.61 Å². The van der Waals surface area contributed by atoms with Crippen LogP contribution in [0.2, 0.25) is 0 Å². The standard InChI is InChI=1S/C17H23NO4/c1-12(2)14-5-3-4-6-15(14)22-11-16(19)18-9-7-13(8-10-18)17(20)21/h3-6,12-13H,7-11H2,1-2H3,(H,20,21). The third-order valence-electron chi connectivity index (χ3n) is 4.09. The molecular formula is C17H23NO4. The van der Waals surface area contributed by atoms with Gasteiger partial charge in [-0.25, -0.2) is 0 Å². The summed E-state index contributed by atoms with van der Waals surface area (Å²) in [6.07, 6.45) is 1.04. The molecule has 1 aliphatic rings. The molecule has 1 amide bonds. The Kier molecular flexibility index (Phi) is 5.41. The van der Waals surface area contributed by atoms with Gasteiger partial charge in [0, 0.05) is 13.1 Å². The van der Waals surface area contributed by atoms with Crippen molar-refractivity contribution in [1.82, 2.24) is 4.90 Å². The van der Waals surface area contributed by atoms with Gasteiger partial charge in [0.25, 0.3) is 5.91 Å². The fraction of sp³-hybridized carbons (Fsp3) is 0.529. The first-order valence-corrected chi connectivity index (χ1v) is 7.71. The fourth-order valence-corrected chi connectivity index (χ4v) is 2.70. The van der Waals surface area contributed by atoms with Gasteiger partial charge in [0.2, 0.25) is 0 Å². The molecule has 0 aliphatic carbocycles. The van der Waals surface area contributed by atoms with E-state index >= 15 is 0 Å². The summed E-state index contributed by atoms with van der Waals surface area (Å²) in [4.78, 5) is 24.8. The van der Waals surface area contributed by atoms with E-state index in [9.17, 15) is 9.59 Å². The number of piperidine rings is 1. The van der Waals surface area contributed by atoms with E-state index in [2.05, 4.69) is 13.8 Å². The van der Waals surface area contributed by atoms with Crippen molar-refractivity contribution in [2.75, 3.05) is 19.7 Å². The summed E-state index contributed by atoms with van der Waals surface area (Å²) in [5, 5.41) is 8.97. The first kappa shape index (κ1) is 16.3. The highest BCUT2D eigenvalue weighted by Crippen LogP contribution is 2.26. The summed E-state index contributed by atoms with van der Waals surface area (Å²) in [7, 11) is 0. The molecule has 1 aliphatic heterocycles. The smallest absolute Gasteiger partial charge is 0.306 e. The average molecular weight is 305 g/mol. The van der Waals surface area contributed by atoms with Gasteiger partial charge in [0.05, 0.1) is 5.92 Å². The molecule has 0 saturated carbocycles. The van der Waals surface area contributed by atoms with Crippen LogP contribution in [0.5, 0.6) is 5.75 Å². The maximum absolute atomic E-state index is 12.2. The van der Waals surface area contributed by atoms with Crippen molar-refractivity contribution in [1.29, 1.82) is 0 Å². The van der Waals surface area contributed by atoms with Gasteiger partial charge >= 0.3 is 5.97 Å². The molecule has 120 valence electrons. The van der Waals surface area contributed by atoms with Crippen LogP contribution in [0.1, 0.15) is 38.2 Å². The lowest BCUT2D eigenvalue weighted by Crippen LogP contribution is -2.42. The second kappa shape index (κ2) is 7.29. The molecule has 0 atom stereocenters. The number of ether oxygens (including phenoxy) is 1. The van der Waals surface area contributed by atoms with E-state index in [4.69, 9.17) is 9.84 Å². The predicted octanol–water partition coefficient (Wildman–Crippen LogP) is 2.51. The molecule has 0 bridgehead atoms. The average Bonchev–Trinajstić information content (AvgIpc) is 2.52. The summed E-state index contributed by atoms with van der Waals surface area (Å²) in [5.41, 5.74) is 1.08. The van der Waals surface area contributed by atoms with Crippen molar-refractivity contribution in [3.8, 4) is 5.75 Å². The van der Waals surface area contributed by atoms with Crippen LogP contribution in [0.25, 0.3) is 0 Å². The van der Waals surface area contributed by atoms with E-state index < -0.39 is 5.97 Å². The van der Waals surface area contributed by atoms with Gasteiger partial charge in [0.1, 0.15) is 5.75 Å². The number of para-hydroxylation sites is 1. The lowest BCUT2D eigenvalue weighted by Gasteiger charge is -2.30. The molecular weight excluding hydrogens is 282 g/mol. The van der Waals surface area contributed by atoms with Crippen molar-refractivity contribution >= 4 is 11.9 Å². The number of benzene rings is 1. The third kappa shape index (κ3) is 4.00. The normalized spacial score (nSPS) is 15.9. The van der Waals surface area contributed by atoms with Crippen LogP contribution in [-0.4, -0.2) is 41.6 Å². The molecule has 1 aromatic carbocycles. The molecule has 1 fully saturated rings. The van der Waals surface area contributed by atoms with Gasteiger partial charge in [-0.15, -0.1) is 0 Å². The van der Waals surface area contributed by atoms with E-state index in [0.717, 1.165) is 11.3 Å². The lowest BCUT2D eigenvalue weighted by molar-refractivity contribution is -0.146. The van der Waals surface area contributed by atoms with Crippen molar-refractivity contribution in [3.63, 3.8) is 0 Å². The van der Waals surface area contributed by atoms with Gasteiger partial charge in [-0.1, -0.05) is 32.0 Å². The zero-order valence-corrected chi connectivity index (χ0v) is 13.1. The van der Waals surface area contributed by atoms with Crippen molar-refractivity contribution in [2.24, 2.45) is 5.92 Å². The summed E-state index contributed by atoms with van der Waals surface area (Å²) >= 11 is 0. The molecule has 1 N–H and O–H groups in total. The molecule has 22 heavy (non-hydrogen) atoms. The summed E-state index contributed by atoms with van der Waals surface area (Å²) < 4.78 is 5.68. The number of hydrogen-bond donors (Lipinski definition) is 1. The minimum atomic E-state index is -0.769. The number of rotatable bonds is 5. The predicted molar refractivity (Wildman–Crippen MR) is 83.0 cm³/mol. The fourth-order valence-electron chi connectivity index (χ4n) is 2.70. The summed E-state index contributed by atoms with van der Waals surface area (Å²) in [6, 6.07) is 7.73. The Balaban J connectivity index is 1.88. The molecule has 0 spiro atoms. The molecule has 2 rings (SSSR count). The second-order valence-electron chi connectivity index (χ2n) is 5.97. The zero-order chi connectivity index (χ0) is 16.1. The Hall–Kier alpha value is -2.04. The molecule has 1 heterocycles. The minimum absolute atomic E-state index is 0.00146. The Bertz CT molecular complexity index is 533. The van der Waals surface area contributed by atoms with E-state index in [-0.39, 0.29) is 18.4 Å². The van der Waals surface area contributed by atoms with Crippen LogP contribution in [0, 0.1) is 5.92 Å². The Morgan fingerprint density at radius 3 is 2.50 bits per heavy atom. The molecule has 0 radical (unpaired) electrons. The number of carbonyl (C=O) groups is 2. The van der Waals surface area contributed by atoms with E-state index in [1.54, 1.807) is 4.90 Å². The molecule has 0 aromatic heterocycles. The number of carboxylic acids is 1. The molecule has 1 aromatic rings. The molecule has 5 nitrogen and oxygen atoms in total.